The van der Waals surface area contributed by atoms with Gasteiger partial charge in [0, 0.05) is 32.9 Å². The maximum atomic E-state index is 12.2. The van der Waals surface area contributed by atoms with E-state index in [1.807, 2.05) is 6.92 Å². The molecule has 0 unspecified atom stereocenters. The van der Waals surface area contributed by atoms with Crippen molar-refractivity contribution in [1.29, 1.82) is 0 Å². The van der Waals surface area contributed by atoms with Crippen LogP contribution in [0.1, 0.15) is 112 Å². The third-order valence-electron chi connectivity index (χ3n) is 6.90. The third kappa shape index (κ3) is 12.7. The van der Waals surface area contributed by atoms with Crippen LogP contribution in [-0.4, -0.2) is 39.2 Å². The number of aromatic nitrogens is 2. The van der Waals surface area contributed by atoms with Gasteiger partial charge in [-0.05, 0) is 69.1 Å². The van der Waals surface area contributed by atoms with E-state index in [0.717, 1.165) is 64.6 Å². The van der Waals surface area contributed by atoms with E-state index in [1.165, 1.54) is 36.4 Å². The van der Waals surface area contributed by atoms with Crippen LogP contribution in [0.3, 0.4) is 0 Å². The van der Waals surface area contributed by atoms with Gasteiger partial charge in [-0.25, -0.2) is 4.79 Å². The lowest BCUT2D eigenvalue weighted by molar-refractivity contribution is 0.119. The second kappa shape index (κ2) is 15.6. The van der Waals surface area contributed by atoms with E-state index < -0.39 is 0 Å². The van der Waals surface area contributed by atoms with Gasteiger partial charge in [0.15, 0.2) is 0 Å². The molecule has 194 valence electrons. The normalized spacial score (nSPS) is 12.5. The monoisotopic (exact) mass is 468 g/mol. The van der Waals surface area contributed by atoms with Gasteiger partial charge in [-0.1, -0.05) is 53.4 Å². The molecule has 0 radical (unpaired) electrons. The fourth-order valence-corrected chi connectivity index (χ4v) is 4.53. The molecule has 33 heavy (non-hydrogen) atoms. The van der Waals surface area contributed by atoms with Gasteiger partial charge in [0.25, 0.3) is 0 Å². The van der Waals surface area contributed by atoms with Gasteiger partial charge in [-0.2, -0.15) is 0 Å². The number of aliphatic hydroxyl groups is 1. The Bertz CT molecular complexity index is 691. The maximum absolute atomic E-state index is 12.2. The smallest absolute Gasteiger partial charge is 0.331 e. The first kappa shape index (κ1) is 29.8. The highest BCUT2D eigenvalue weighted by molar-refractivity contribution is 5.05. The Labute approximate surface area is 202 Å². The van der Waals surface area contributed by atoms with E-state index in [2.05, 4.69) is 27.7 Å². The molecule has 1 aromatic heterocycles. The van der Waals surface area contributed by atoms with E-state index in [-0.39, 0.29) is 17.0 Å². The summed E-state index contributed by atoms with van der Waals surface area (Å²) in [5, 5.41) is 18.8. The van der Waals surface area contributed by atoms with E-state index >= 15 is 0 Å². The molecule has 1 heterocycles. The van der Waals surface area contributed by atoms with Crippen molar-refractivity contribution in [1.82, 2.24) is 9.13 Å². The predicted octanol–water partition coefficient (Wildman–Crippen LogP) is 6.12. The lowest BCUT2D eigenvalue weighted by Crippen LogP contribution is -2.24. The second-order valence-corrected chi connectivity index (χ2v) is 11.2. The molecule has 6 heteroatoms. The third-order valence-corrected chi connectivity index (χ3v) is 6.90. The molecule has 0 bridgehead atoms. The Morgan fingerprint density at radius 1 is 0.818 bits per heavy atom. The molecular weight excluding hydrogens is 416 g/mol. The summed E-state index contributed by atoms with van der Waals surface area (Å²) in [5.74, 6) is 0.0680. The van der Waals surface area contributed by atoms with Crippen molar-refractivity contribution in [3.63, 3.8) is 0 Å². The Balaban J connectivity index is 2.07. The summed E-state index contributed by atoms with van der Waals surface area (Å²) < 4.78 is 8.88. The molecule has 0 aromatic carbocycles. The van der Waals surface area contributed by atoms with Crippen LogP contribution in [0.25, 0.3) is 0 Å². The van der Waals surface area contributed by atoms with Gasteiger partial charge in [-0.15, -0.1) is 0 Å². The Kier molecular flexibility index (Phi) is 14.1. The van der Waals surface area contributed by atoms with Crippen molar-refractivity contribution >= 4 is 0 Å². The van der Waals surface area contributed by atoms with Crippen molar-refractivity contribution < 1.29 is 14.9 Å². The number of aromatic hydroxyl groups is 1. The summed E-state index contributed by atoms with van der Waals surface area (Å²) in [4.78, 5) is 12.2. The summed E-state index contributed by atoms with van der Waals surface area (Å²) in [6.45, 7) is 14.4. The first-order chi connectivity index (χ1) is 15.6. The molecule has 1 aromatic rings. The van der Waals surface area contributed by atoms with Crippen molar-refractivity contribution in [2.75, 3.05) is 19.8 Å². The molecule has 0 atom stereocenters. The summed E-state index contributed by atoms with van der Waals surface area (Å²) in [6, 6.07) is 0. The molecule has 0 fully saturated rings. The lowest BCUT2D eigenvalue weighted by atomic mass is 9.82. The number of aliphatic hydroxyl groups excluding tert-OH is 1. The Morgan fingerprint density at radius 2 is 1.33 bits per heavy atom. The largest absolute Gasteiger partial charge is 0.493 e. The zero-order chi connectivity index (χ0) is 24.7. The maximum Gasteiger partial charge on any atom is 0.331 e. The minimum atomic E-state index is -0.119. The zero-order valence-electron chi connectivity index (χ0n) is 22.2. The molecule has 0 aliphatic carbocycles. The summed E-state index contributed by atoms with van der Waals surface area (Å²) in [5.41, 5.74) is 0.509. The molecule has 0 aliphatic rings. The van der Waals surface area contributed by atoms with Crippen LogP contribution >= 0.6 is 0 Å². The van der Waals surface area contributed by atoms with E-state index in [0.29, 0.717) is 25.1 Å². The molecule has 0 aliphatic heterocycles. The first-order valence-electron chi connectivity index (χ1n) is 13.3. The summed E-state index contributed by atoms with van der Waals surface area (Å²) >= 11 is 0. The molecule has 6 nitrogen and oxygen atoms in total. The number of imidazole rings is 1. The fraction of sp³-hybridized carbons (Fsp3) is 0.889. The summed E-state index contributed by atoms with van der Waals surface area (Å²) in [7, 11) is 0. The van der Waals surface area contributed by atoms with Crippen LogP contribution in [0.2, 0.25) is 0 Å². The first-order valence-corrected chi connectivity index (χ1v) is 13.3. The van der Waals surface area contributed by atoms with E-state index in [9.17, 15) is 9.90 Å². The molecule has 2 N–H and O–H groups in total. The number of unbranched alkanes of at least 4 members (excludes halogenated alkanes) is 4. The molecule has 0 spiro atoms. The van der Waals surface area contributed by atoms with Gasteiger partial charge < -0.3 is 14.9 Å². The molecule has 0 amide bonds. The SMILES string of the molecule is CCn1cc(O)n(CCCC(C)(C)CCCCOCCCCC(C)(C)CCCCCO)c1=O. The Hall–Kier alpha value is -1.27. The average Bonchev–Trinajstić information content (AvgIpc) is 3.03. The van der Waals surface area contributed by atoms with Crippen molar-refractivity contribution in [2.24, 2.45) is 10.8 Å². The predicted molar refractivity (Wildman–Crippen MR) is 137 cm³/mol. The highest BCUT2D eigenvalue weighted by Crippen LogP contribution is 2.30. The molecule has 0 saturated heterocycles. The lowest BCUT2D eigenvalue weighted by Gasteiger charge is -2.25. The van der Waals surface area contributed by atoms with E-state index in [1.54, 1.807) is 4.57 Å². The van der Waals surface area contributed by atoms with Crippen LogP contribution in [0.4, 0.5) is 0 Å². The van der Waals surface area contributed by atoms with Gasteiger partial charge >= 0.3 is 5.69 Å². The van der Waals surface area contributed by atoms with Crippen LogP contribution in [0, 0.1) is 10.8 Å². The van der Waals surface area contributed by atoms with Crippen molar-refractivity contribution in [3.8, 4) is 5.88 Å². The van der Waals surface area contributed by atoms with Gasteiger partial charge in [0.2, 0.25) is 5.88 Å². The standard InChI is InChI=1S/C27H52N2O4/c1-6-28-23-24(31)29(25(28)32)19-14-18-27(4,5)17-10-13-22-33-21-12-9-16-26(2,3)15-8-7-11-20-30/h23,30-31H,6-22H2,1-5H3. The zero-order valence-corrected chi connectivity index (χ0v) is 22.2. The number of rotatable bonds is 20. The minimum absolute atomic E-state index is 0.0680. The van der Waals surface area contributed by atoms with Crippen LogP contribution < -0.4 is 5.69 Å². The number of hydrogen-bond acceptors (Lipinski definition) is 4. The van der Waals surface area contributed by atoms with Crippen LogP contribution in [0.15, 0.2) is 11.0 Å². The number of ether oxygens (including phenoxy) is 1. The minimum Gasteiger partial charge on any atom is -0.493 e. The number of aryl methyl sites for hydroxylation is 1. The summed E-state index contributed by atoms with van der Waals surface area (Å²) in [6.07, 6.45) is 15.0. The quantitative estimate of drug-likeness (QED) is 0.226. The van der Waals surface area contributed by atoms with Gasteiger partial charge in [0.05, 0.1) is 6.20 Å². The van der Waals surface area contributed by atoms with Crippen LogP contribution in [0.5, 0.6) is 5.88 Å². The highest BCUT2D eigenvalue weighted by atomic mass is 16.5. The van der Waals surface area contributed by atoms with Crippen LogP contribution in [-0.2, 0) is 17.8 Å². The van der Waals surface area contributed by atoms with Gasteiger partial charge in [-0.3, -0.25) is 9.13 Å². The number of hydrogen-bond donors (Lipinski definition) is 2. The highest BCUT2D eigenvalue weighted by Gasteiger charge is 2.18. The molecule has 1 rings (SSSR count). The fourth-order valence-electron chi connectivity index (χ4n) is 4.53. The second-order valence-electron chi connectivity index (χ2n) is 11.2. The average molecular weight is 469 g/mol. The van der Waals surface area contributed by atoms with Crippen molar-refractivity contribution in [2.45, 2.75) is 125 Å². The van der Waals surface area contributed by atoms with E-state index in [4.69, 9.17) is 9.84 Å². The molecule has 0 saturated carbocycles. The topological polar surface area (TPSA) is 76.6 Å². The van der Waals surface area contributed by atoms with Gasteiger partial charge in [0.1, 0.15) is 0 Å². The Morgan fingerprint density at radius 3 is 1.82 bits per heavy atom. The molecular formula is C27H52N2O4. The van der Waals surface area contributed by atoms with Crippen molar-refractivity contribution in [3.05, 3.63) is 16.7 Å². The number of nitrogens with zero attached hydrogens (tertiary/aromatic N) is 2.